The molecule has 0 unspecified atom stereocenters. The first-order chi connectivity index (χ1) is 7.47. The van der Waals surface area contributed by atoms with Crippen molar-refractivity contribution in [3.8, 4) is 0 Å². The van der Waals surface area contributed by atoms with Gasteiger partial charge in [-0.2, -0.15) is 0 Å². The van der Waals surface area contributed by atoms with Crippen LogP contribution in [0.1, 0.15) is 18.4 Å². The highest BCUT2D eigenvalue weighted by atomic mass is 16.4. The van der Waals surface area contributed by atoms with E-state index in [1.54, 1.807) is 6.92 Å². The lowest BCUT2D eigenvalue weighted by atomic mass is 10.2. The summed E-state index contributed by atoms with van der Waals surface area (Å²) in [5.41, 5.74) is 0.818. The summed E-state index contributed by atoms with van der Waals surface area (Å²) >= 11 is 0. The first-order valence-electron chi connectivity index (χ1n) is 5.11. The minimum Gasteiger partial charge on any atom is -0.478 e. The summed E-state index contributed by atoms with van der Waals surface area (Å²) in [6, 6.07) is 3.85. The molecule has 0 saturated heterocycles. The van der Waals surface area contributed by atoms with Crippen LogP contribution in [-0.2, 0) is 11.3 Å². The van der Waals surface area contributed by atoms with Gasteiger partial charge in [0.25, 0.3) is 0 Å². The van der Waals surface area contributed by atoms with E-state index >= 15 is 0 Å². The maximum Gasteiger partial charge on any atom is 0.328 e. The number of aliphatic carboxylic acids is 1. The van der Waals surface area contributed by atoms with Crippen molar-refractivity contribution in [1.29, 1.82) is 0 Å². The van der Waals surface area contributed by atoms with E-state index < -0.39 is 5.97 Å². The van der Waals surface area contributed by atoms with Gasteiger partial charge in [0.2, 0.25) is 0 Å². The molecule has 1 N–H and O–H groups in total. The molecule has 0 radical (unpaired) electrons. The van der Waals surface area contributed by atoms with Crippen LogP contribution in [0.5, 0.6) is 0 Å². The zero-order valence-electron chi connectivity index (χ0n) is 9.86. The fourth-order valence-corrected chi connectivity index (χ4v) is 1.57. The fourth-order valence-electron chi connectivity index (χ4n) is 1.57. The van der Waals surface area contributed by atoms with Crippen LogP contribution in [0.2, 0.25) is 0 Å². The predicted octanol–water partition coefficient (Wildman–Crippen LogP) is 2.05. The second-order valence-electron chi connectivity index (χ2n) is 4.01. The van der Waals surface area contributed by atoms with Crippen LogP contribution in [0.3, 0.4) is 0 Å². The monoisotopic (exact) mass is 223 g/mol. The van der Waals surface area contributed by atoms with Gasteiger partial charge in [-0.15, -0.1) is 0 Å². The molecule has 0 amide bonds. The maximum atomic E-state index is 10.4. The molecule has 16 heavy (non-hydrogen) atoms. The Kier molecular flexibility index (Phi) is 4.31. The van der Waals surface area contributed by atoms with Crippen molar-refractivity contribution in [1.82, 2.24) is 4.90 Å². The number of hydrogen-bond donors (Lipinski definition) is 1. The molecule has 0 atom stereocenters. The van der Waals surface area contributed by atoms with Crippen molar-refractivity contribution in [2.24, 2.45) is 0 Å². The minimum atomic E-state index is -0.903. The molecule has 0 aromatic carbocycles. The molecule has 0 aliphatic heterocycles. The van der Waals surface area contributed by atoms with Gasteiger partial charge >= 0.3 is 5.97 Å². The Morgan fingerprint density at radius 1 is 1.56 bits per heavy atom. The molecule has 0 spiro atoms. The largest absolute Gasteiger partial charge is 0.478 e. The minimum absolute atomic E-state index is 0.617. The second-order valence-corrected chi connectivity index (χ2v) is 4.01. The molecule has 0 aliphatic carbocycles. The van der Waals surface area contributed by atoms with Crippen LogP contribution in [0.4, 0.5) is 0 Å². The van der Waals surface area contributed by atoms with Crippen molar-refractivity contribution in [2.45, 2.75) is 20.4 Å². The zero-order valence-corrected chi connectivity index (χ0v) is 9.86. The number of carboxylic acids is 1. The van der Waals surface area contributed by atoms with Crippen LogP contribution in [0.25, 0.3) is 0 Å². The highest BCUT2D eigenvalue weighted by Crippen LogP contribution is 2.09. The number of hydrogen-bond acceptors (Lipinski definition) is 3. The quantitative estimate of drug-likeness (QED) is 0.776. The molecule has 0 saturated carbocycles. The van der Waals surface area contributed by atoms with E-state index in [0.717, 1.165) is 17.1 Å². The third kappa shape index (κ3) is 4.31. The Hall–Kier alpha value is -1.55. The zero-order chi connectivity index (χ0) is 12.1. The summed E-state index contributed by atoms with van der Waals surface area (Å²) in [4.78, 5) is 12.4. The summed E-state index contributed by atoms with van der Waals surface area (Å²) in [6.45, 7) is 5.00. The van der Waals surface area contributed by atoms with Gasteiger partial charge in [0.15, 0.2) is 0 Å². The fraction of sp³-hybridized carbons (Fsp3) is 0.417. The summed E-state index contributed by atoms with van der Waals surface area (Å²) in [7, 11) is 1.93. The molecule has 0 aliphatic rings. The van der Waals surface area contributed by atoms with Crippen LogP contribution >= 0.6 is 0 Å². The number of aryl methyl sites for hydroxylation is 1. The summed E-state index contributed by atoms with van der Waals surface area (Å²) < 4.78 is 5.44. The molecule has 1 aromatic heterocycles. The summed E-state index contributed by atoms with van der Waals surface area (Å²) in [5.74, 6) is 0.879. The Balaban J connectivity index is 2.47. The molecule has 4 nitrogen and oxygen atoms in total. The summed E-state index contributed by atoms with van der Waals surface area (Å²) in [5, 5.41) is 8.58. The average Bonchev–Trinajstić information content (AvgIpc) is 2.48. The molecule has 1 rings (SSSR count). The van der Waals surface area contributed by atoms with E-state index in [1.165, 1.54) is 6.08 Å². The number of carbonyl (C=O) groups is 1. The Morgan fingerprint density at radius 2 is 2.25 bits per heavy atom. The number of rotatable bonds is 5. The lowest BCUT2D eigenvalue weighted by Crippen LogP contribution is -2.20. The molecule has 0 bridgehead atoms. The van der Waals surface area contributed by atoms with Crippen molar-refractivity contribution >= 4 is 5.97 Å². The first kappa shape index (κ1) is 12.5. The van der Waals surface area contributed by atoms with E-state index in [2.05, 4.69) is 0 Å². The SMILES string of the molecule is CC(=CC(=O)O)CN(C)Cc1ccc(C)o1. The molecule has 1 aromatic rings. The third-order valence-electron chi connectivity index (χ3n) is 2.11. The second kappa shape index (κ2) is 5.51. The molecule has 88 valence electrons. The van der Waals surface area contributed by atoms with Crippen LogP contribution in [0, 0.1) is 6.92 Å². The lowest BCUT2D eigenvalue weighted by molar-refractivity contribution is -0.131. The van der Waals surface area contributed by atoms with Gasteiger partial charge in [-0.25, -0.2) is 4.79 Å². The van der Waals surface area contributed by atoms with E-state index in [9.17, 15) is 4.79 Å². The van der Waals surface area contributed by atoms with Gasteiger partial charge < -0.3 is 9.52 Å². The van der Waals surface area contributed by atoms with Crippen LogP contribution in [-0.4, -0.2) is 29.6 Å². The van der Waals surface area contributed by atoms with Gasteiger partial charge in [0, 0.05) is 12.6 Å². The highest BCUT2D eigenvalue weighted by molar-refractivity contribution is 5.80. The van der Waals surface area contributed by atoms with Crippen molar-refractivity contribution < 1.29 is 14.3 Å². The molecule has 1 heterocycles. The smallest absolute Gasteiger partial charge is 0.328 e. The van der Waals surface area contributed by atoms with Crippen molar-refractivity contribution in [3.05, 3.63) is 35.3 Å². The Morgan fingerprint density at radius 3 is 2.75 bits per heavy atom. The van der Waals surface area contributed by atoms with Gasteiger partial charge in [0.05, 0.1) is 6.54 Å². The number of carboxylic acid groups (broad SMARTS) is 1. The lowest BCUT2D eigenvalue weighted by Gasteiger charge is -2.14. The predicted molar refractivity (Wildman–Crippen MR) is 61.2 cm³/mol. The number of likely N-dealkylation sites (N-methyl/N-ethyl adjacent to an activating group) is 1. The maximum absolute atomic E-state index is 10.4. The topological polar surface area (TPSA) is 53.7 Å². The average molecular weight is 223 g/mol. The highest BCUT2D eigenvalue weighted by Gasteiger charge is 2.05. The Labute approximate surface area is 95.2 Å². The Bertz CT molecular complexity index is 393. The molecule has 4 heteroatoms. The van der Waals surface area contributed by atoms with E-state index in [0.29, 0.717) is 13.1 Å². The van der Waals surface area contributed by atoms with Gasteiger partial charge in [-0.05, 0) is 33.0 Å². The third-order valence-corrected chi connectivity index (χ3v) is 2.11. The standard InChI is InChI=1S/C12H17NO3/c1-9(6-12(14)15)7-13(3)8-11-5-4-10(2)16-11/h4-6H,7-8H2,1-3H3,(H,14,15). The molecular formula is C12H17NO3. The van der Waals surface area contributed by atoms with Crippen molar-refractivity contribution in [2.75, 3.05) is 13.6 Å². The van der Waals surface area contributed by atoms with Gasteiger partial charge in [-0.3, -0.25) is 4.90 Å². The van der Waals surface area contributed by atoms with Crippen molar-refractivity contribution in [3.63, 3.8) is 0 Å². The van der Waals surface area contributed by atoms with E-state index in [-0.39, 0.29) is 0 Å². The van der Waals surface area contributed by atoms with Crippen LogP contribution < -0.4 is 0 Å². The van der Waals surface area contributed by atoms with Gasteiger partial charge in [-0.1, -0.05) is 5.57 Å². The normalized spacial score (nSPS) is 12.1. The van der Waals surface area contributed by atoms with E-state index in [4.69, 9.17) is 9.52 Å². The molecule has 0 fully saturated rings. The van der Waals surface area contributed by atoms with E-state index in [1.807, 2.05) is 31.0 Å². The van der Waals surface area contributed by atoms with Crippen LogP contribution in [0.15, 0.2) is 28.2 Å². The number of nitrogens with zero attached hydrogens (tertiary/aromatic N) is 1. The molecular weight excluding hydrogens is 206 g/mol. The first-order valence-corrected chi connectivity index (χ1v) is 5.11. The number of furan rings is 1. The summed E-state index contributed by atoms with van der Waals surface area (Å²) in [6.07, 6.45) is 1.23. The van der Waals surface area contributed by atoms with Gasteiger partial charge in [0.1, 0.15) is 11.5 Å².